The van der Waals surface area contributed by atoms with E-state index in [0.29, 0.717) is 33.6 Å². The van der Waals surface area contributed by atoms with E-state index in [1.807, 2.05) is 0 Å². The van der Waals surface area contributed by atoms with Crippen LogP contribution in [0.4, 0.5) is 11.8 Å². The van der Waals surface area contributed by atoms with Gasteiger partial charge in [0.1, 0.15) is 12.1 Å². The molecule has 0 saturated carbocycles. The summed E-state index contributed by atoms with van der Waals surface area (Å²) in [5, 5.41) is 26.4. The molecule has 0 spiro atoms. The van der Waals surface area contributed by atoms with Crippen LogP contribution >= 0.6 is 23.2 Å². The molecule has 0 aliphatic rings. The number of carbonyl (C=O) groups is 1. The first kappa shape index (κ1) is 22.4. The van der Waals surface area contributed by atoms with Gasteiger partial charge < -0.3 is 14.6 Å². The number of aromatic nitrogens is 6. The van der Waals surface area contributed by atoms with Crippen molar-refractivity contribution in [3.63, 3.8) is 0 Å². The number of carbonyl (C=O) groups excluding carboxylic acids is 1. The van der Waals surface area contributed by atoms with E-state index >= 15 is 0 Å². The van der Waals surface area contributed by atoms with E-state index in [1.54, 1.807) is 32.0 Å². The second-order valence-corrected chi connectivity index (χ2v) is 7.91. The minimum Gasteiger partial charge on any atom is -0.361 e. The van der Waals surface area contributed by atoms with Gasteiger partial charge in [-0.15, -0.1) is 5.10 Å². The number of nitrogens with one attached hydrogen (secondary N) is 1. The zero-order chi connectivity index (χ0) is 23.7. The molecule has 1 amide bonds. The molecule has 3 heterocycles. The number of hydrogen-bond donors (Lipinski definition) is 1. The fourth-order valence-electron chi connectivity index (χ4n) is 3.06. The Balaban J connectivity index is 1.48. The van der Waals surface area contributed by atoms with Gasteiger partial charge >= 0.3 is 5.82 Å². The average Bonchev–Trinajstić information content (AvgIpc) is 3.45. The Hall–Kier alpha value is -3.77. The number of halogens is 2. The van der Waals surface area contributed by atoms with Crippen LogP contribution in [-0.4, -0.2) is 40.5 Å². The second-order valence-electron chi connectivity index (χ2n) is 7.09. The van der Waals surface area contributed by atoms with Crippen molar-refractivity contribution in [3.05, 3.63) is 79.0 Å². The number of aryl methyl sites for hydroxylation is 2. The van der Waals surface area contributed by atoms with E-state index in [0.717, 1.165) is 5.56 Å². The van der Waals surface area contributed by atoms with Crippen LogP contribution in [0.3, 0.4) is 0 Å². The normalized spacial score (nSPS) is 11.0. The molecule has 0 saturated heterocycles. The highest BCUT2D eigenvalue weighted by molar-refractivity contribution is 6.42. The van der Waals surface area contributed by atoms with Gasteiger partial charge in [0.15, 0.2) is 5.69 Å². The zero-order valence-corrected chi connectivity index (χ0v) is 18.8. The van der Waals surface area contributed by atoms with Crippen LogP contribution < -0.4 is 5.32 Å². The largest absolute Gasteiger partial charge is 0.390 e. The Bertz CT molecular complexity index is 1360. The van der Waals surface area contributed by atoms with Gasteiger partial charge in [0.2, 0.25) is 5.95 Å². The van der Waals surface area contributed by atoms with Crippen molar-refractivity contribution in [2.75, 3.05) is 5.32 Å². The molecular formula is C19H16Cl2N8O4. The molecule has 0 radical (unpaired) electrons. The van der Waals surface area contributed by atoms with Crippen LogP contribution in [0.2, 0.25) is 10.0 Å². The van der Waals surface area contributed by atoms with Crippen LogP contribution in [0.1, 0.15) is 33.1 Å². The number of benzene rings is 1. The summed E-state index contributed by atoms with van der Waals surface area (Å²) in [6.45, 7) is 3.74. The van der Waals surface area contributed by atoms with Gasteiger partial charge in [-0.3, -0.25) is 10.1 Å². The van der Waals surface area contributed by atoms with Crippen molar-refractivity contribution >= 4 is 40.9 Å². The standard InChI is InChI=1S/C19H16Cl2N8O4/c1-10-5-16(29(31)32)24-28(10)8-13-11(2)33-26-17(13)18(30)23-19-22-9-27(25-19)7-12-3-4-14(20)15(21)6-12/h3-6,9H,7-8H2,1-2H3,(H,23,25,30). The molecule has 4 aromatic rings. The smallest absolute Gasteiger partial charge is 0.361 e. The highest BCUT2D eigenvalue weighted by atomic mass is 35.5. The van der Waals surface area contributed by atoms with Gasteiger partial charge in [0.05, 0.1) is 45.6 Å². The topological polar surface area (TPSA) is 147 Å². The minimum atomic E-state index is -0.589. The minimum absolute atomic E-state index is 0.00545. The molecule has 0 fully saturated rings. The third-order valence-electron chi connectivity index (χ3n) is 4.75. The molecule has 0 unspecified atom stereocenters. The number of hydrogen-bond acceptors (Lipinski definition) is 8. The van der Waals surface area contributed by atoms with Crippen LogP contribution in [-0.2, 0) is 13.1 Å². The lowest BCUT2D eigenvalue weighted by Gasteiger charge is -2.03. The number of amides is 1. The van der Waals surface area contributed by atoms with E-state index < -0.39 is 10.8 Å². The van der Waals surface area contributed by atoms with Gasteiger partial charge in [0.25, 0.3) is 5.91 Å². The summed E-state index contributed by atoms with van der Waals surface area (Å²) in [5.74, 6) is -0.425. The van der Waals surface area contributed by atoms with Crippen molar-refractivity contribution in [2.45, 2.75) is 26.9 Å². The predicted octanol–water partition coefficient (Wildman–Crippen LogP) is 3.64. The molecule has 14 heteroatoms. The molecule has 33 heavy (non-hydrogen) atoms. The van der Waals surface area contributed by atoms with Crippen molar-refractivity contribution in [2.24, 2.45) is 0 Å². The van der Waals surface area contributed by atoms with Gasteiger partial charge in [-0.2, -0.15) is 4.68 Å². The van der Waals surface area contributed by atoms with Crippen LogP contribution in [0.15, 0.2) is 35.1 Å². The molecular weight excluding hydrogens is 475 g/mol. The van der Waals surface area contributed by atoms with E-state index in [4.69, 9.17) is 27.7 Å². The highest BCUT2D eigenvalue weighted by Crippen LogP contribution is 2.23. The maximum absolute atomic E-state index is 12.8. The maximum atomic E-state index is 12.8. The first-order chi connectivity index (χ1) is 15.7. The number of rotatable bonds is 7. The van der Waals surface area contributed by atoms with Gasteiger partial charge in [-0.1, -0.05) is 34.4 Å². The summed E-state index contributed by atoms with van der Waals surface area (Å²) >= 11 is 12.0. The Morgan fingerprint density at radius 2 is 1.97 bits per heavy atom. The summed E-state index contributed by atoms with van der Waals surface area (Å²) < 4.78 is 8.10. The lowest BCUT2D eigenvalue weighted by Crippen LogP contribution is -2.17. The van der Waals surface area contributed by atoms with E-state index in [2.05, 4.69) is 25.7 Å². The summed E-state index contributed by atoms with van der Waals surface area (Å²) in [5.41, 5.74) is 1.84. The summed E-state index contributed by atoms with van der Waals surface area (Å²) in [7, 11) is 0. The van der Waals surface area contributed by atoms with E-state index in [-0.39, 0.29) is 24.0 Å². The number of nitrogens with zero attached hydrogens (tertiary/aromatic N) is 7. The lowest BCUT2D eigenvalue weighted by atomic mass is 10.2. The van der Waals surface area contributed by atoms with E-state index in [1.165, 1.54) is 21.8 Å². The first-order valence-corrected chi connectivity index (χ1v) is 10.3. The van der Waals surface area contributed by atoms with Crippen molar-refractivity contribution in [3.8, 4) is 0 Å². The monoisotopic (exact) mass is 490 g/mol. The molecule has 3 aromatic heterocycles. The molecule has 1 aromatic carbocycles. The van der Waals surface area contributed by atoms with Crippen LogP contribution in [0.5, 0.6) is 0 Å². The number of nitro groups is 1. The molecule has 12 nitrogen and oxygen atoms in total. The molecule has 0 aliphatic heterocycles. The fraction of sp³-hybridized carbons (Fsp3) is 0.211. The molecule has 0 bridgehead atoms. The Kier molecular flexibility index (Phi) is 6.11. The molecule has 0 atom stereocenters. The maximum Gasteiger partial charge on any atom is 0.390 e. The Labute approximate surface area is 196 Å². The molecule has 0 aliphatic carbocycles. The van der Waals surface area contributed by atoms with Gasteiger partial charge in [-0.25, -0.2) is 9.67 Å². The van der Waals surface area contributed by atoms with Crippen LogP contribution in [0.25, 0.3) is 0 Å². The summed E-state index contributed by atoms with van der Waals surface area (Å²) in [4.78, 5) is 27.3. The molecule has 4 rings (SSSR count). The zero-order valence-electron chi connectivity index (χ0n) is 17.3. The van der Waals surface area contributed by atoms with Crippen molar-refractivity contribution in [1.29, 1.82) is 0 Å². The first-order valence-electron chi connectivity index (χ1n) is 9.50. The lowest BCUT2D eigenvalue weighted by molar-refractivity contribution is -0.389. The highest BCUT2D eigenvalue weighted by Gasteiger charge is 2.24. The quantitative estimate of drug-likeness (QED) is 0.305. The average molecular weight is 491 g/mol. The predicted molar refractivity (Wildman–Crippen MR) is 117 cm³/mol. The second kappa shape index (κ2) is 9.00. The Morgan fingerprint density at radius 3 is 2.67 bits per heavy atom. The third-order valence-corrected chi connectivity index (χ3v) is 5.49. The van der Waals surface area contributed by atoms with Crippen molar-refractivity contribution in [1.82, 2.24) is 29.7 Å². The fourth-order valence-corrected chi connectivity index (χ4v) is 3.38. The summed E-state index contributed by atoms with van der Waals surface area (Å²) in [6.07, 6.45) is 1.46. The summed E-state index contributed by atoms with van der Waals surface area (Å²) in [6, 6.07) is 6.55. The van der Waals surface area contributed by atoms with Crippen molar-refractivity contribution < 1.29 is 14.2 Å². The van der Waals surface area contributed by atoms with Gasteiger partial charge in [-0.05, 0) is 36.5 Å². The van der Waals surface area contributed by atoms with Crippen LogP contribution in [0, 0.1) is 24.0 Å². The third kappa shape index (κ3) is 4.86. The number of anilines is 1. The van der Waals surface area contributed by atoms with E-state index in [9.17, 15) is 14.9 Å². The Morgan fingerprint density at radius 1 is 1.18 bits per heavy atom. The SMILES string of the molecule is Cc1onc(C(=O)Nc2ncn(Cc3ccc(Cl)c(Cl)c3)n2)c1Cn1nc([N+](=O)[O-])cc1C. The van der Waals surface area contributed by atoms with Gasteiger partial charge in [0, 0.05) is 0 Å². The molecule has 170 valence electrons. The molecule has 1 N–H and O–H groups in total.